The molecule has 160 valence electrons. The Labute approximate surface area is 178 Å². The summed E-state index contributed by atoms with van der Waals surface area (Å²) >= 11 is 0. The molecule has 1 unspecified atom stereocenters. The maximum atomic E-state index is 12.9. The fourth-order valence-electron chi connectivity index (χ4n) is 4.12. The number of rotatable bonds is 5. The predicted octanol–water partition coefficient (Wildman–Crippen LogP) is 4.35. The van der Waals surface area contributed by atoms with Crippen LogP contribution < -0.4 is 19.7 Å². The summed E-state index contributed by atoms with van der Waals surface area (Å²) < 4.78 is 11.2. The molecule has 0 spiro atoms. The Balaban J connectivity index is 1.39. The Bertz CT molecular complexity index is 880. The number of nitrogens with zero attached hydrogens (tertiary/aromatic N) is 2. The van der Waals surface area contributed by atoms with E-state index in [1.54, 1.807) is 4.90 Å². The lowest BCUT2D eigenvalue weighted by molar-refractivity contribution is 0.171. The topological polar surface area (TPSA) is 54.0 Å². The van der Waals surface area contributed by atoms with Crippen molar-refractivity contribution in [1.82, 2.24) is 10.2 Å². The van der Waals surface area contributed by atoms with Crippen LogP contribution in [-0.4, -0.2) is 44.3 Å². The molecule has 2 aliphatic heterocycles. The maximum absolute atomic E-state index is 12.9. The van der Waals surface area contributed by atoms with Crippen molar-refractivity contribution in [2.24, 2.45) is 0 Å². The molecule has 1 atom stereocenters. The number of carbonyl (C=O) groups is 1. The Morgan fingerprint density at radius 2 is 1.80 bits per heavy atom. The zero-order chi connectivity index (χ0) is 20.9. The van der Waals surface area contributed by atoms with E-state index in [0.717, 1.165) is 30.2 Å². The van der Waals surface area contributed by atoms with Gasteiger partial charge in [0.15, 0.2) is 11.5 Å². The monoisotopic (exact) mass is 409 g/mol. The first-order valence-corrected chi connectivity index (χ1v) is 10.9. The number of benzene rings is 2. The minimum absolute atomic E-state index is 0.0918. The van der Waals surface area contributed by atoms with E-state index in [4.69, 9.17) is 9.47 Å². The smallest absolute Gasteiger partial charge is 0.317 e. The van der Waals surface area contributed by atoms with Gasteiger partial charge in [-0.15, -0.1) is 0 Å². The molecule has 30 heavy (non-hydrogen) atoms. The molecule has 2 amide bonds. The number of carbonyl (C=O) groups excluding carboxylic acids is 1. The molecule has 0 aromatic heterocycles. The summed E-state index contributed by atoms with van der Waals surface area (Å²) in [7, 11) is 1.85. The lowest BCUT2D eigenvalue weighted by Gasteiger charge is -2.31. The van der Waals surface area contributed by atoms with Crippen molar-refractivity contribution < 1.29 is 14.3 Å². The van der Waals surface area contributed by atoms with Gasteiger partial charge >= 0.3 is 6.03 Å². The third kappa shape index (κ3) is 4.64. The Morgan fingerprint density at radius 1 is 1.07 bits per heavy atom. The van der Waals surface area contributed by atoms with Crippen LogP contribution in [0.3, 0.4) is 0 Å². The molecule has 2 aliphatic rings. The van der Waals surface area contributed by atoms with Gasteiger partial charge in [-0.3, -0.25) is 0 Å². The molecule has 1 saturated heterocycles. The second kappa shape index (κ2) is 9.28. The number of ether oxygens (including phenoxy) is 2. The van der Waals surface area contributed by atoms with E-state index >= 15 is 0 Å². The number of fused-ring (bicyclic) bond motifs is 1. The van der Waals surface area contributed by atoms with Gasteiger partial charge in [-0.2, -0.15) is 0 Å². The van der Waals surface area contributed by atoms with Crippen molar-refractivity contribution in [1.29, 1.82) is 0 Å². The summed E-state index contributed by atoms with van der Waals surface area (Å²) in [6, 6.07) is 14.0. The molecular weight excluding hydrogens is 378 g/mol. The lowest BCUT2D eigenvalue weighted by Crippen LogP contribution is -2.38. The van der Waals surface area contributed by atoms with Gasteiger partial charge in [-0.1, -0.05) is 24.3 Å². The number of para-hydroxylation sites is 1. The third-order valence-electron chi connectivity index (χ3n) is 5.85. The van der Waals surface area contributed by atoms with Gasteiger partial charge < -0.3 is 24.6 Å². The van der Waals surface area contributed by atoms with E-state index in [0.29, 0.717) is 19.8 Å². The fraction of sp³-hybridized carbons (Fsp3) is 0.458. The highest BCUT2D eigenvalue weighted by molar-refractivity contribution is 5.74. The second-order valence-corrected chi connectivity index (χ2v) is 8.11. The summed E-state index contributed by atoms with van der Waals surface area (Å²) in [6.07, 6.45) is 3.77. The summed E-state index contributed by atoms with van der Waals surface area (Å²) in [5.74, 6) is 1.50. The molecule has 2 heterocycles. The van der Waals surface area contributed by atoms with Gasteiger partial charge in [0.1, 0.15) is 13.2 Å². The standard InChI is InChI=1S/C24H31N3O3/c1-18(19-10-11-22-23(16-19)30-15-14-29-22)25-24(28)26(2)17-20-8-4-5-9-21(20)27-12-6-3-7-13-27/h4-5,8-11,16,18H,3,6-7,12-15,17H2,1-2H3,(H,25,28). The zero-order valence-corrected chi connectivity index (χ0v) is 17.9. The van der Waals surface area contributed by atoms with Crippen molar-refractivity contribution >= 4 is 11.7 Å². The van der Waals surface area contributed by atoms with Crippen LogP contribution in [-0.2, 0) is 6.54 Å². The predicted molar refractivity (Wildman–Crippen MR) is 118 cm³/mol. The Kier molecular flexibility index (Phi) is 6.31. The average Bonchev–Trinajstić information content (AvgIpc) is 2.79. The molecule has 4 rings (SSSR count). The maximum Gasteiger partial charge on any atom is 0.317 e. The van der Waals surface area contributed by atoms with E-state index in [1.807, 2.05) is 38.2 Å². The third-order valence-corrected chi connectivity index (χ3v) is 5.85. The van der Waals surface area contributed by atoms with Gasteiger partial charge in [0, 0.05) is 32.4 Å². The molecule has 6 heteroatoms. The van der Waals surface area contributed by atoms with Gasteiger partial charge in [-0.05, 0) is 55.5 Å². The molecular formula is C24H31N3O3. The van der Waals surface area contributed by atoms with Crippen LogP contribution >= 0.6 is 0 Å². The van der Waals surface area contributed by atoms with Gasteiger partial charge in [0.05, 0.1) is 6.04 Å². The number of hydrogen-bond donors (Lipinski definition) is 1. The molecule has 0 aliphatic carbocycles. The van der Waals surface area contributed by atoms with E-state index in [-0.39, 0.29) is 12.1 Å². The number of amides is 2. The SMILES string of the molecule is CC(NC(=O)N(C)Cc1ccccc1N1CCCCC1)c1ccc2c(c1)OCCO2. The number of urea groups is 1. The van der Waals surface area contributed by atoms with E-state index < -0.39 is 0 Å². The van der Waals surface area contributed by atoms with Gasteiger partial charge in [-0.25, -0.2) is 4.79 Å². The van der Waals surface area contributed by atoms with Crippen molar-refractivity contribution in [2.75, 3.05) is 38.3 Å². The first-order valence-electron chi connectivity index (χ1n) is 10.9. The summed E-state index contributed by atoms with van der Waals surface area (Å²) in [5.41, 5.74) is 3.43. The van der Waals surface area contributed by atoms with Crippen LogP contribution in [0.1, 0.15) is 43.4 Å². The van der Waals surface area contributed by atoms with Crippen LogP contribution in [0.15, 0.2) is 42.5 Å². The van der Waals surface area contributed by atoms with Crippen LogP contribution in [0.4, 0.5) is 10.5 Å². The van der Waals surface area contributed by atoms with Crippen LogP contribution in [0.25, 0.3) is 0 Å². The minimum atomic E-state index is -0.131. The number of piperidine rings is 1. The lowest BCUT2D eigenvalue weighted by atomic mass is 10.1. The van der Waals surface area contributed by atoms with E-state index in [1.165, 1.54) is 30.5 Å². The second-order valence-electron chi connectivity index (χ2n) is 8.11. The van der Waals surface area contributed by atoms with Crippen LogP contribution in [0.5, 0.6) is 11.5 Å². The largest absolute Gasteiger partial charge is 0.486 e. The highest BCUT2D eigenvalue weighted by Gasteiger charge is 2.19. The van der Waals surface area contributed by atoms with E-state index in [9.17, 15) is 4.79 Å². The summed E-state index contributed by atoms with van der Waals surface area (Å²) in [6.45, 7) is 5.87. The first-order chi connectivity index (χ1) is 14.6. The fourth-order valence-corrected chi connectivity index (χ4v) is 4.12. The molecule has 0 radical (unpaired) electrons. The Morgan fingerprint density at radius 3 is 2.60 bits per heavy atom. The molecule has 0 saturated carbocycles. The normalized spacial score (nSPS) is 16.7. The van der Waals surface area contributed by atoms with E-state index in [2.05, 4.69) is 28.4 Å². The molecule has 2 aromatic carbocycles. The highest BCUT2D eigenvalue weighted by Crippen LogP contribution is 2.32. The zero-order valence-electron chi connectivity index (χ0n) is 17.9. The number of anilines is 1. The van der Waals surface area contributed by atoms with Crippen molar-refractivity contribution in [2.45, 2.75) is 38.8 Å². The Hall–Kier alpha value is -2.89. The quantitative estimate of drug-likeness (QED) is 0.798. The van der Waals surface area contributed by atoms with Gasteiger partial charge in [0.25, 0.3) is 0 Å². The average molecular weight is 410 g/mol. The van der Waals surface area contributed by atoms with Gasteiger partial charge in [0.2, 0.25) is 0 Å². The van der Waals surface area contributed by atoms with Crippen LogP contribution in [0.2, 0.25) is 0 Å². The molecule has 1 fully saturated rings. The molecule has 1 N–H and O–H groups in total. The molecule has 6 nitrogen and oxygen atoms in total. The van der Waals surface area contributed by atoms with Crippen molar-refractivity contribution in [3.05, 3.63) is 53.6 Å². The highest BCUT2D eigenvalue weighted by atomic mass is 16.6. The van der Waals surface area contributed by atoms with Crippen LogP contribution in [0, 0.1) is 0 Å². The summed E-state index contributed by atoms with van der Waals surface area (Å²) in [5, 5.41) is 3.10. The first kappa shape index (κ1) is 20.4. The summed E-state index contributed by atoms with van der Waals surface area (Å²) in [4.78, 5) is 17.0. The van der Waals surface area contributed by atoms with Crippen molar-refractivity contribution in [3.8, 4) is 11.5 Å². The number of nitrogens with one attached hydrogen (secondary N) is 1. The van der Waals surface area contributed by atoms with Crippen molar-refractivity contribution in [3.63, 3.8) is 0 Å². The molecule has 0 bridgehead atoms. The molecule has 2 aromatic rings. The minimum Gasteiger partial charge on any atom is -0.486 e. The number of hydrogen-bond acceptors (Lipinski definition) is 4.